The van der Waals surface area contributed by atoms with Crippen LogP contribution < -0.4 is 10.4 Å². The Morgan fingerprint density at radius 1 is 1.02 bits per heavy atom. The Bertz CT molecular complexity index is 1410. The van der Waals surface area contributed by atoms with Crippen LogP contribution in [0.25, 0.3) is 0 Å². The fourth-order valence-electron chi connectivity index (χ4n) is 9.83. The van der Waals surface area contributed by atoms with Crippen molar-refractivity contribution in [1.29, 1.82) is 0 Å². The summed E-state index contributed by atoms with van der Waals surface area (Å²) in [5.74, 6) is -0.660. The van der Waals surface area contributed by atoms with Gasteiger partial charge in [-0.25, -0.2) is 0 Å². The zero-order valence-electron chi connectivity index (χ0n) is 26.5. The number of hydrogen-bond acceptors (Lipinski definition) is 5. The Morgan fingerprint density at radius 3 is 2.23 bits per heavy atom. The molecular weight excluding hydrogens is 552 g/mol. The van der Waals surface area contributed by atoms with Crippen LogP contribution in [0, 0.1) is 29.6 Å². The van der Waals surface area contributed by atoms with E-state index in [1.54, 1.807) is 0 Å². The number of ether oxygens (including phenoxy) is 3. The fraction of sp³-hybridized carbons (Fsp3) is 0.541. The summed E-state index contributed by atoms with van der Waals surface area (Å²) in [5.41, 5.74) is -0.132. The number of carbonyl (C=O) groups excluding carboxylic acids is 1. The fourth-order valence-corrected chi connectivity index (χ4v) is 14.5. The molecule has 0 amide bonds. The summed E-state index contributed by atoms with van der Waals surface area (Å²) < 4.78 is 27.9. The molecule has 6 heteroatoms. The molecule has 2 saturated heterocycles. The van der Waals surface area contributed by atoms with E-state index in [0.717, 1.165) is 24.8 Å². The third-order valence-electron chi connectivity index (χ3n) is 11.5. The summed E-state index contributed by atoms with van der Waals surface area (Å²) in [5, 5.41) is 2.42. The number of rotatable bonds is 6. The van der Waals surface area contributed by atoms with Crippen molar-refractivity contribution in [3.63, 3.8) is 0 Å². The van der Waals surface area contributed by atoms with Crippen LogP contribution in [0.5, 0.6) is 0 Å². The second kappa shape index (κ2) is 9.82. The van der Waals surface area contributed by atoms with Crippen LogP contribution in [-0.2, 0) is 23.4 Å². The van der Waals surface area contributed by atoms with Crippen LogP contribution in [0.15, 0.2) is 85.0 Å². The quantitative estimate of drug-likeness (QED) is 0.294. The van der Waals surface area contributed by atoms with Gasteiger partial charge in [0.05, 0.1) is 5.60 Å². The molecule has 5 nitrogen and oxygen atoms in total. The van der Waals surface area contributed by atoms with E-state index in [1.807, 2.05) is 13.0 Å². The molecule has 5 aliphatic rings. The second-order valence-electron chi connectivity index (χ2n) is 15.0. The first-order valence-corrected chi connectivity index (χ1v) is 18.0. The van der Waals surface area contributed by atoms with Crippen molar-refractivity contribution >= 4 is 24.5 Å². The lowest BCUT2D eigenvalue weighted by Gasteiger charge is -2.59. The van der Waals surface area contributed by atoms with Crippen molar-refractivity contribution < 1.29 is 23.4 Å². The minimum Gasteiger partial charge on any atom is -0.407 e. The van der Waals surface area contributed by atoms with E-state index in [0.29, 0.717) is 6.61 Å². The van der Waals surface area contributed by atoms with Crippen molar-refractivity contribution in [3.05, 3.63) is 85.0 Å². The molecule has 43 heavy (non-hydrogen) atoms. The Kier molecular flexibility index (Phi) is 6.71. The van der Waals surface area contributed by atoms with E-state index in [1.165, 1.54) is 10.4 Å². The third-order valence-corrected chi connectivity index (χ3v) is 16.5. The zero-order valence-corrected chi connectivity index (χ0v) is 27.5. The van der Waals surface area contributed by atoms with Crippen molar-refractivity contribution in [2.75, 3.05) is 6.61 Å². The smallest absolute Gasteiger partial charge is 0.281 e. The molecule has 3 aliphatic carbocycles. The lowest BCUT2D eigenvalue weighted by atomic mass is 9.55. The SMILES string of the molecule is C=C(C)[C@]12C[C@@H](C)[C@@]34OC(C)(O[C@@H]1[C@@H]3C[C@@H](CO[Si](c1ccccc1)(c1ccccc1)C(C)(C)C)C[C@H]1C(=O)C=C[C@@H]14)O2. The van der Waals surface area contributed by atoms with Gasteiger partial charge in [-0.2, -0.15) is 0 Å². The largest absolute Gasteiger partial charge is 0.407 e. The van der Waals surface area contributed by atoms with Crippen LogP contribution in [-0.4, -0.2) is 44.0 Å². The van der Waals surface area contributed by atoms with Gasteiger partial charge < -0.3 is 18.6 Å². The van der Waals surface area contributed by atoms with E-state index in [4.69, 9.17) is 18.6 Å². The van der Waals surface area contributed by atoms with Gasteiger partial charge in [0.25, 0.3) is 14.3 Å². The number of allylic oxidation sites excluding steroid dienone is 1. The maximum Gasteiger partial charge on any atom is 0.281 e. The molecule has 2 aromatic carbocycles. The molecule has 0 N–H and O–H groups in total. The molecule has 1 unspecified atom stereocenters. The predicted molar refractivity (Wildman–Crippen MR) is 170 cm³/mol. The van der Waals surface area contributed by atoms with Gasteiger partial charge in [-0.1, -0.05) is 101 Å². The summed E-state index contributed by atoms with van der Waals surface area (Å²) in [6, 6.07) is 21.6. The summed E-state index contributed by atoms with van der Waals surface area (Å²) in [4.78, 5) is 13.5. The highest BCUT2D eigenvalue weighted by Gasteiger charge is 2.77. The molecule has 7 rings (SSSR count). The second-order valence-corrected chi connectivity index (χ2v) is 19.4. The molecule has 0 aromatic heterocycles. The maximum absolute atomic E-state index is 13.5. The van der Waals surface area contributed by atoms with Crippen LogP contribution in [0.4, 0.5) is 0 Å². The lowest BCUT2D eigenvalue weighted by molar-refractivity contribution is -0.415. The van der Waals surface area contributed by atoms with Gasteiger partial charge >= 0.3 is 0 Å². The molecule has 4 fully saturated rings. The summed E-state index contributed by atoms with van der Waals surface area (Å²) >= 11 is 0. The number of ketones is 1. The van der Waals surface area contributed by atoms with Gasteiger partial charge in [0, 0.05) is 31.3 Å². The third kappa shape index (κ3) is 4.06. The molecule has 0 spiro atoms. The number of hydrogen-bond donors (Lipinski definition) is 0. The van der Waals surface area contributed by atoms with Gasteiger partial charge in [-0.15, -0.1) is 0 Å². The van der Waals surface area contributed by atoms with Crippen molar-refractivity contribution in [1.82, 2.24) is 0 Å². The number of fused-ring (bicyclic) bond motifs is 2. The van der Waals surface area contributed by atoms with Crippen LogP contribution >= 0.6 is 0 Å². The molecule has 2 heterocycles. The van der Waals surface area contributed by atoms with E-state index in [2.05, 4.69) is 108 Å². The van der Waals surface area contributed by atoms with Crippen molar-refractivity contribution in [2.24, 2.45) is 29.6 Å². The predicted octanol–water partition coefficient (Wildman–Crippen LogP) is 6.17. The Hall–Kier alpha value is -2.35. The van der Waals surface area contributed by atoms with E-state index in [-0.39, 0.29) is 46.5 Å². The Balaban J connectivity index is 1.31. The van der Waals surface area contributed by atoms with Crippen LogP contribution in [0.2, 0.25) is 5.04 Å². The molecule has 9 atom stereocenters. The van der Waals surface area contributed by atoms with E-state index in [9.17, 15) is 4.79 Å². The Labute approximate surface area is 257 Å². The number of benzene rings is 2. The lowest BCUT2D eigenvalue weighted by Crippen LogP contribution is -2.68. The molecule has 2 aliphatic heterocycles. The first-order valence-electron chi connectivity index (χ1n) is 16.1. The normalized spacial score (nSPS) is 39.8. The standard InChI is InChI=1S/C37H46O5Si/c1-24(2)36-22-25(3)37-30-18-19-32(38)29(30)20-26(21-31(37)33(36)40-35(7,41-36)42-37)23-39-43(34(4,5)6,27-14-10-8-11-15-27)28-16-12-9-13-17-28/h8-19,25-26,29-31,33H,1,20-23H2,2-7H3/t25-,26+,29-,30+,31+,33-,35?,36-,37+/m1/s1. The highest BCUT2D eigenvalue weighted by atomic mass is 28.4. The average Bonchev–Trinajstić information content (AvgIpc) is 3.36. The minimum absolute atomic E-state index is 0.00610. The molecular formula is C37H46O5Si. The maximum atomic E-state index is 13.5. The zero-order chi connectivity index (χ0) is 30.4. The van der Waals surface area contributed by atoms with Gasteiger partial charge in [-0.05, 0) is 65.1 Å². The minimum atomic E-state index is -2.74. The average molecular weight is 599 g/mol. The highest BCUT2D eigenvalue weighted by molar-refractivity contribution is 6.99. The van der Waals surface area contributed by atoms with Gasteiger partial charge in [0.15, 0.2) is 5.78 Å². The van der Waals surface area contributed by atoms with Crippen LogP contribution in [0.3, 0.4) is 0 Å². The van der Waals surface area contributed by atoms with Crippen molar-refractivity contribution in [3.8, 4) is 0 Å². The molecule has 228 valence electrons. The molecule has 0 radical (unpaired) electrons. The number of carbonyl (C=O) groups is 1. The highest BCUT2D eigenvalue weighted by Crippen LogP contribution is 2.68. The first kappa shape index (κ1) is 29.4. The molecule has 3 bridgehead atoms. The first-order chi connectivity index (χ1) is 20.4. The van der Waals surface area contributed by atoms with Crippen molar-refractivity contribution in [2.45, 2.75) is 89.1 Å². The monoisotopic (exact) mass is 598 g/mol. The van der Waals surface area contributed by atoms with E-state index < -0.39 is 25.5 Å². The summed E-state index contributed by atoms with van der Waals surface area (Å²) in [6.07, 6.45) is 6.21. The van der Waals surface area contributed by atoms with Crippen LogP contribution in [0.1, 0.15) is 60.8 Å². The van der Waals surface area contributed by atoms with Gasteiger partial charge in [-0.3, -0.25) is 4.79 Å². The summed E-state index contributed by atoms with van der Waals surface area (Å²) in [6.45, 7) is 18.2. The topological polar surface area (TPSA) is 54.0 Å². The van der Waals surface area contributed by atoms with E-state index >= 15 is 0 Å². The Morgan fingerprint density at radius 2 is 1.65 bits per heavy atom. The summed E-state index contributed by atoms with van der Waals surface area (Å²) in [7, 11) is -2.74. The molecule has 2 aromatic rings. The van der Waals surface area contributed by atoms with Gasteiger partial charge in [0.2, 0.25) is 0 Å². The van der Waals surface area contributed by atoms with Gasteiger partial charge in [0.1, 0.15) is 11.7 Å². The molecule has 2 saturated carbocycles.